The number of hydrogen-bond donors (Lipinski definition) is 0. The van der Waals surface area contributed by atoms with E-state index < -0.39 is 15.1 Å². The number of esters is 1. The third kappa shape index (κ3) is 3.70. The minimum atomic E-state index is -2.99. The van der Waals surface area contributed by atoms with E-state index in [0.717, 1.165) is 0 Å². The lowest BCUT2D eigenvalue weighted by atomic mass is 10.1. The second kappa shape index (κ2) is 6.82. The molecule has 22 heavy (non-hydrogen) atoms. The van der Waals surface area contributed by atoms with Crippen LogP contribution in [-0.2, 0) is 25.9 Å². The highest BCUT2D eigenvalue weighted by Crippen LogP contribution is 2.31. The predicted molar refractivity (Wildman–Crippen MR) is 83.6 cm³/mol. The van der Waals surface area contributed by atoms with E-state index in [1.165, 1.54) is 18.9 Å². The number of thioether (sulfide) groups is 1. The molecule has 0 radical (unpaired) electrons. The van der Waals surface area contributed by atoms with Crippen molar-refractivity contribution in [1.29, 1.82) is 0 Å². The summed E-state index contributed by atoms with van der Waals surface area (Å²) in [5.74, 6) is 0.419. The summed E-state index contributed by atoms with van der Waals surface area (Å²) in [7, 11) is -1.66. The van der Waals surface area contributed by atoms with Crippen LogP contribution in [0.25, 0.3) is 0 Å². The van der Waals surface area contributed by atoms with Crippen molar-refractivity contribution >= 4 is 27.6 Å². The van der Waals surface area contributed by atoms with Crippen molar-refractivity contribution in [1.82, 2.24) is 14.8 Å². The molecule has 0 aliphatic carbocycles. The van der Waals surface area contributed by atoms with Crippen molar-refractivity contribution in [3.05, 3.63) is 18.5 Å². The van der Waals surface area contributed by atoms with Crippen LogP contribution >= 0.6 is 11.8 Å². The molecule has 1 saturated heterocycles. The normalized spacial score (nSPS) is 21.5. The summed E-state index contributed by atoms with van der Waals surface area (Å²) in [5, 5.41) is 8.41. The summed E-state index contributed by atoms with van der Waals surface area (Å²) < 4.78 is 29.8. The minimum absolute atomic E-state index is 0.0967. The predicted octanol–water partition coefficient (Wildman–Crippen LogP) is 1.02. The third-order valence-corrected chi connectivity index (χ3v) is 6.30. The zero-order valence-corrected chi connectivity index (χ0v) is 14.2. The van der Waals surface area contributed by atoms with Crippen molar-refractivity contribution in [2.45, 2.75) is 36.2 Å². The molecule has 0 spiro atoms. The van der Waals surface area contributed by atoms with Crippen LogP contribution in [0, 0.1) is 0 Å². The lowest BCUT2D eigenvalue weighted by Crippen LogP contribution is -2.16. The van der Waals surface area contributed by atoms with Crippen LogP contribution in [-0.4, -0.2) is 53.0 Å². The second-order valence-electron chi connectivity index (χ2n) is 5.12. The van der Waals surface area contributed by atoms with E-state index in [-0.39, 0.29) is 23.4 Å². The minimum Gasteiger partial charge on any atom is -0.468 e. The molecule has 0 aromatic carbocycles. The van der Waals surface area contributed by atoms with Gasteiger partial charge in [0.2, 0.25) is 0 Å². The van der Waals surface area contributed by atoms with Crippen LogP contribution in [0.3, 0.4) is 0 Å². The number of carbonyl (C=O) groups excluding carboxylic acids is 1. The maximum atomic E-state index is 11.7. The molecule has 9 heteroatoms. The summed E-state index contributed by atoms with van der Waals surface area (Å²) in [6, 6.07) is 0. The zero-order chi connectivity index (χ0) is 16.3. The number of ether oxygens (including phenoxy) is 1. The largest absolute Gasteiger partial charge is 0.468 e. The molecule has 2 heterocycles. The van der Waals surface area contributed by atoms with Crippen LogP contribution in [0.2, 0.25) is 0 Å². The summed E-state index contributed by atoms with van der Waals surface area (Å²) in [4.78, 5) is 11.5. The fourth-order valence-electron chi connectivity index (χ4n) is 2.36. The Kier molecular flexibility index (Phi) is 5.28. The molecule has 0 saturated carbocycles. The van der Waals surface area contributed by atoms with Crippen LogP contribution in [0.15, 0.2) is 17.8 Å². The number of rotatable bonds is 6. The Morgan fingerprint density at radius 2 is 2.32 bits per heavy atom. The number of sulfone groups is 1. The lowest BCUT2D eigenvalue weighted by Gasteiger charge is -2.12. The number of carbonyl (C=O) groups is 1. The molecule has 7 nitrogen and oxygen atoms in total. The molecular weight excluding hydrogens is 326 g/mol. The fourth-order valence-corrected chi connectivity index (χ4v) is 4.99. The van der Waals surface area contributed by atoms with E-state index >= 15 is 0 Å². The van der Waals surface area contributed by atoms with E-state index in [2.05, 4.69) is 16.8 Å². The molecule has 1 fully saturated rings. The highest BCUT2D eigenvalue weighted by molar-refractivity contribution is 8.00. The molecule has 1 aliphatic heterocycles. The van der Waals surface area contributed by atoms with Crippen molar-refractivity contribution in [3.8, 4) is 0 Å². The van der Waals surface area contributed by atoms with Gasteiger partial charge in [-0.1, -0.05) is 17.8 Å². The molecule has 2 atom stereocenters. The Morgan fingerprint density at radius 1 is 1.59 bits per heavy atom. The molecule has 1 aromatic rings. The first kappa shape index (κ1) is 17.0. The Hall–Kier alpha value is -1.35. The zero-order valence-electron chi connectivity index (χ0n) is 12.6. The molecule has 1 aromatic heterocycles. The number of nitrogens with zero attached hydrogens (tertiary/aromatic N) is 3. The molecule has 0 amide bonds. The van der Waals surface area contributed by atoms with Gasteiger partial charge < -0.3 is 9.30 Å². The lowest BCUT2D eigenvalue weighted by molar-refractivity contribution is -0.139. The summed E-state index contributed by atoms with van der Waals surface area (Å²) >= 11 is 1.24. The van der Waals surface area contributed by atoms with Crippen LogP contribution in [0.1, 0.15) is 25.1 Å². The molecule has 0 N–H and O–H groups in total. The molecule has 0 unspecified atom stereocenters. The second-order valence-corrected chi connectivity index (χ2v) is 8.66. The number of methoxy groups -OCH3 is 1. The number of aromatic nitrogens is 3. The first-order valence-electron chi connectivity index (χ1n) is 6.87. The Balaban J connectivity index is 2.25. The van der Waals surface area contributed by atoms with Crippen molar-refractivity contribution in [2.24, 2.45) is 0 Å². The van der Waals surface area contributed by atoms with Gasteiger partial charge in [-0.05, 0) is 13.3 Å². The average Bonchev–Trinajstić information content (AvgIpc) is 3.02. The summed E-state index contributed by atoms with van der Waals surface area (Å²) in [5.41, 5.74) is 0. The van der Waals surface area contributed by atoms with Gasteiger partial charge in [0.25, 0.3) is 0 Å². The van der Waals surface area contributed by atoms with Gasteiger partial charge in [0.15, 0.2) is 15.0 Å². The first-order valence-corrected chi connectivity index (χ1v) is 9.57. The Labute approximate surface area is 134 Å². The van der Waals surface area contributed by atoms with Crippen molar-refractivity contribution < 1.29 is 17.9 Å². The standard InChI is InChI=1S/C13H19N3O4S2/c1-4-6-16-11(10-5-7-22(18,19)8-10)14-15-13(16)21-9(2)12(17)20-3/h4,9-10H,1,5-8H2,2-3H3/t9-,10-/m1/s1. The van der Waals surface area contributed by atoms with Gasteiger partial charge in [-0.25, -0.2) is 8.42 Å². The van der Waals surface area contributed by atoms with Gasteiger partial charge in [0.1, 0.15) is 11.1 Å². The molecule has 1 aliphatic rings. The SMILES string of the molecule is C=CCn1c(S[C@H](C)C(=O)OC)nnc1[C@@H]1CCS(=O)(=O)C1. The molecule has 0 bridgehead atoms. The fraction of sp³-hybridized carbons (Fsp3) is 0.615. The Morgan fingerprint density at radius 3 is 2.86 bits per heavy atom. The average molecular weight is 345 g/mol. The Bertz CT molecular complexity index is 669. The smallest absolute Gasteiger partial charge is 0.318 e. The van der Waals surface area contributed by atoms with Crippen molar-refractivity contribution in [3.63, 3.8) is 0 Å². The topological polar surface area (TPSA) is 91.2 Å². The monoisotopic (exact) mass is 345 g/mol. The first-order chi connectivity index (χ1) is 10.4. The number of hydrogen-bond acceptors (Lipinski definition) is 7. The van der Waals surface area contributed by atoms with E-state index in [1.54, 1.807) is 13.0 Å². The van der Waals surface area contributed by atoms with Crippen LogP contribution < -0.4 is 0 Å². The van der Waals surface area contributed by atoms with E-state index in [1.807, 2.05) is 4.57 Å². The highest BCUT2D eigenvalue weighted by atomic mass is 32.2. The van der Waals surface area contributed by atoms with Gasteiger partial charge in [0.05, 0.1) is 18.6 Å². The molecular formula is C13H19N3O4S2. The van der Waals surface area contributed by atoms with Crippen molar-refractivity contribution in [2.75, 3.05) is 18.6 Å². The summed E-state index contributed by atoms with van der Waals surface area (Å²) in [6.07, 6.45) is 2.25. The van der Waals surface area contributed by atoms with E-state index in [4.69, 9.17) is 4.74 Å². The molecule has 122 valence electrons. The van der Waals surface area contributed by atoms with Gasteiger partial charge in [0, 0.05) is 12.5 Å². The van der Waals surface area contributed by atoms with Crippen LogP contribution in [0.5, 0.6) is 0 Å². The third-order valence-electron chi connectivity index (χ3n) is 3.47. The van der Waals surface area contributed by atoms with Gasteiger partial charge in [-0.15, -0.1) is 16.8 Å². The maximum absolute atomic E-state index is 11.7. The van der Waals surface area contributed by atoms with E-state index in [9.17, 15) is 13.2 Å². The number of allylic oxidation sites excluding steroid dienone is 1. The van der Waals surface area contributed by atoms with Gasteiger partial charge in [-0.2, -0.15) is 0 Å². The quantitative estimate of drug-likeness (QED) is 0.432. The van der Waals surface area contributed by atoms with E-state index in [0.29, 0.717) is 23.9 Å². The van der Waals surface area contributed by atoms with Crippen LogP contribution in [0.4, 0.5) is 0 Å². The highest BCUT2D eigenvalue weighted by Gasteiger charge is 2.33. The maximum Gasteiger partial charge on any atom is 0.318 e. The summed E-state index contributed by atoms with van der Waals surface area (Å²) in [6.45, 7) is 5.90. The van der Waals surface area contributed by atoms with Gasteiger partial charge in [-0.3, -0.25) is 4.79 Å². The molecule has 2 rings (SSSR count). The van der Waals surface area contributed by atoms with Gasteiger partial charge >= 0.3 is 5.97 Å².